The van der Waals surface area contributed by atoms with Gasteiger partial charge in [0.1, 0.15) is 13.2 Å². The van der Waals surface area contributed by atoms with Crippen molar-refractivity contribution in [2.75, 3.05) is 19.8 Å². The van der Waals surface area contributed by atoms with E-state index < -0.39 is 0 Å². The number of hydrogen-bond acceptors (Lipinski definition) is 3. The van der Waals surface area contributed by atoms with Gasteiger partial charge >= 0.3 is 6.03 Å². The molecule has 0 saturated carbocycles. The van der Waals surface area contributed by atoms with E-state index in [1.165, 1.54) is 5.56 Å². The maximum atomic E-state index is 12.4. The molecular formula is C19H20N2O3. The highest BCUT2D eigenvalue weighted by Gasteiger charge is 2.23. The van der Waals surface area contributed by atoms with Crippen molar-refractivity contribution in [1.82, 2.24) is 10.2 Å². The highest BCUT2D eigenvalue weighted by Crippen LogP contribution is 2.35. The molecule has 2 aromatic carbocycles. The monoisotopic (exact) mass is 324 g/mol. The smallest absolute Gasteiger partial charge is 0.317 e. The Labute approximate surface area is 141 Å². The predicted molar refractivity (Wildman–Crippen MR) is 90.2 cm³/mol. The Bertz CT molecular complexity index is 746. The van der Waals surface area contributed by atoms with Crippen molar-refractivity contribution in [2.45, 2.75) is 19.5 Å². The summed E-state index contributed by atoms with van der Waals surface area (Å²) in [7, 11) is 0. The number of ether oxygens (including phenoxy) is 2. The number of urea groups is 1. The van der Waals surface area contributed by atoms with E-state index in [-0.39, 0.29) is 6.03 Å². The lowest BCUT2D eigenvalue weighted by molar-refractivity contribution is 0.169. The summed E-state index contributed by atoms with van der Waals surface area (Å²) < 4.78 is 11.3. The van der Waals surface area contributed by atoms with Crippen molar-refractivity contribution in [2.24, 2.45) is 0 Å². The van der Waals surface area contributed by atoms with Crippen molar-refractivity contribution < 1.29 is 14.3 Å². The molecule has 124 valence electrons. The zero-order chi connectivity index (χ0) is 16.4. The number of hydrogen-bond donors (Lipinski definition) is 1. The summed E-state index contributed by atoms with van der Waals surface area (Å²) in [4.78, 5) is 14.3. The Balaban J connectivity index is 1.43. The third-order valence-corrected chi connectivity index (χ3v) is 4.45. The van der Waals surface area contributed by atoms with Crippen LogP contribution < -0.4 is 14.8 Å². The maximum absolute atomic E-state index is 12.4. The van der Waals surface area contributed by atoms with Crippen LogP contribution in [-0.4, -0.2) is 30.7 Å². The van der Waals surface area contributed by atoms with Gasteiger partial charge in [0.25, 0.3) is 0 Å². The summed E-state index contributed by atoms with van der Waals surface area (Å²) in [6, 6.07) is 14.0. The Morgan fingerprint density at radius 1 is 1.04 bits per heavy atom. The van der Waals surface area contributed by atoms with Gasteiger partial charge in [-0.2, -0.15) is 0 Å². The lowest BCUT2D eigenvalue weighted by Gasteiger charge is -2.30. The van der Waals surface area contributed by atoms with Gasteiger partial charge in [-0.15, -0.1) is 0 Å². The Morgan fingerprint density at radius 2 is 1.75 bits per heavy atom. The van der Waals surface area contributed by atoms with Crippen LogP contribution in [0, 0.1) is 0 Å². The fourth-order valence-corrected chi connectivity index (χ4v) is 3.15. The molecule has 1 N–H and O–H groups in total. The number of fused-ring (bicyclic) bond motifs is 2. The van der Waals surface area contributed by atoms with Crippen LogP contribution >= 0.6 is 0 Å². The molecule has 24 heavy (non-hydrogen) atoms. The topological polar surface area (TPSA) is 50.8 Å². The molecule has 0 spiro atoms. The first-order chi connectivity index (χ1) is 11.8. The van der Waals surface area contributed by atoms with E-state index >= 15 is 0 Å². The average molecular weight is 324 g/mol. The quantitative estimate of drug-likeness (QED) is 0.924. The minimum absolute atomic E-state index is 0.0283. The van der Waals surface area contributed by atoms with Crippen LogP contribution in [0.4, 0.5) is 4.79 Å². The van der Waals surface area contributed by atoms with Gasteiger partial charge in [-0.05, 0) is 35.2 Å². The molecule has 0 bridgehead atoms. The number of amides is 2. The normalized spacial score (nSPS) is 15.6. The number of nitrogens with one attached hydrogen (secondary N) is 1. The van der Waals surface area contributed by atoms with Crippen molar-refractivity contribution in [1.29, 1.82) is 0 Å². The van der Waals surface area contributed by atoms with Crippen LogP contribution in [0.1, 0.15) is 16.7 Å². The minimum Gasteiger partial charge on any atom is -0.486 e. The summed E-state index contributed by atoms with van der Waals surface area (Å²) >= 11 is 0. The first-order valence-corrected chi connectivity index (χ1v) is 8.28. The fourth-order valence-electron chi connectivity index (χ4n) is 3.15. The second kappa shape index (κ2) is 6.43. The Hall–Kier alpha value is -2.69. The Morgan fingerprint density at radius 3 is 2.50 bits per heavy atom. The van der Waals surface area contributed by atoms with Crippen LogP contribution in [0.5, 0.6) is 11.5 Å². The fraction of sp³-hybridized carbons (Fsp3) is 0.316. The van der Waals surface area contributed by atoms with Gasteiger partial charge in [0.05, 0.1) is 0 Å². The van der Waals surface area contributed by atoms with E-state index in [9.17, 15) is 4.79 Å². The third kappa shape index (κ3) is 3.02. The van der Waals surface area contributed by atoms with Gasteiger partial charge in [-0.25, -0.2) is 4.79 Å². The zero-order valence-corrected chi connectivity index (χ0v) is 13.5. The van der Waals surface area contributed by atoms with Crippen molar-refractivity contribution in [3.63, 3.8) is 0 Å². The van der Waals surface area contributed by atoms with Crippen LogP contribution in [0.25, 0.3) is 0 Å². The second-order valence-corrected chi connectivity index (χ2v) is 6.08. The van der Waals surface area contributed by atoms with Crippen molar-refractivity contribution >= 4 is 6.03 Å². The second-order valence-electron chi connectivity index (χ2n) is 6.08. The van der Waals surface area contributed by atoms with E-state index in [4.69, 9.17) is 9.47 Å². The summed E-state index contributed by atoms with van der Waals surface area (Å²) in [5.74, 6) is 1.61. The summed E-state index contributed by atoms with van der Waals surface area (Å²) in [5.41, 5.74) is 3.48. The average Bonchev–Trinajstić information content (AvgIpc) is 2.64. The summed E-state index contributed by atoms with van der Waals surface area (Å²) in [6.45, 7) is 3.04. The lowest BCUT2D eigenvalue weighted by Crippen LogP contribution is -2.42. The van der Waals surface area contributed by atoms with Crippen LogP contribution in [0.15, 0.2) is 42.5 Å². The molecule has 2 aliphatic heterocycles. The van der Waals surface area contributed by atoms with Gasteiger partial charge < -0.3 is 19.7 Å². The SMILES string of the molecule is O=C(NCc1ccccc1)N1CCc2cc3c(cc2C1)OCCO3. The molecule has 0 unspecified atom stereocenters. The lowest BCUT2D eigenvalue weighted by atomic mass is 9.99. The molecular weight excluding hydrogens is 304 g/mol. The third-order valence-electron chi connectivity index (χ3n) is 4.45. The summed E-state index contributed by atoms with van der Waals surface area (Å²) in [5, 5.41) is 2.99. The van der Waals surface area contributed by atoms with E-state index in [0.717, 1.165) is 29.0 Å². The minimum atomic E-state index is -0.0283. The van der Waals surface area contributed by atoms with Crippen molar-refractivity contribution in [3.8, 4) is 11.5 Å². The molecule has 0 atom stereocenters. The largest absolute Gasteiger partial charge is 0.486 e. The highest BCUT2D eigenvalue weighted by molar-refractivity contribution is 5.74. The van der Waals surface area contributed by atoms with Gasteiger partial charge in [0.15, 0.2) is 11.5 Å². The maximum Gasteiger partial charge on any atom is 0.317 e. The predicted octanol–water partition coefficient (Wildman–Crippen LogP) is 2.73. The molecule has 5 heteroatoms. The molecule has 0 radical (unpaired) electrons. The van der Waals surface area contributed by atoms with Gasteiger partial charge in [-0.3, -0.25) is 0 Å². The molecule has 0 aromatic heterocycles. The summed E-state index contributed by atoms with van der Waals surface area (Å²) in [6.07, 6.45) is 0.838. The molecule has 2 aliphatic rings. The van der Waals surface area contributed by atoms with E-state index in [1.54, 1.807) is 0 Å². The molecule has 0 aliphatic carbocycles. The Kier molecular flexibility index (Phi) is 3.99. The number of rotatable bonds is 2. The number of carbonyl (C=O) groups excluding carboxylic acids is 1. The molecule has 2 heterocycles. The number of nitrogens with zero attached hydrogens (tertiary/aromatic N) is 1. The molecule has 0 fully saturated rings. The molecule has 4 rings (SSSR count). The first-order valence-electron chi connectivity index (χ1n) is 8.28. The van der Waals surface area contributed by atoms with Gasteiger partial charge in [-0.1, -0.05) is 30.3 Å². The first kappa shape index (κ1) is 14.9. The van der Waals surface area contributed by atoms with Crippen LogP contribution in [0.3, 0.4) is 0 Å². The highest BCUT2D eigenvalue weighted by atomic mass is 16.6. The zero-order valence-electron chi connectivity index (χ0n) is 13.5. The molecule has 0 saturated heterocycles. The van der Waals surface area contributed by atoms with E-state index in [1.807, 2.05) is 41.3 Å². The van der Waals surface area contributed by atoms with Crippen LogP contribution in [0.2, 0.25) is 0 Å². The van der Waals surface area contributed by atoms with E-state index in [0.29, 0.717) is 32.8 Å². The van der Waals surface area contributed by atoms with Gasteiger partial charge in [0, 0.05) is 19.6 Å². The molecule has 2 aromatic rings. The number of benzene rings is 2. The molecule has 5 nitrogen and oxygen atoms in total. The van der Waals surface area contributed by atoms with E-state index in [2.05, 4.69) is 11.4 Å². The molecule has 2 amide bonds. The van der Waals surface area contributed by atoms with Gasteiger partial charge in [0.2, 0.25) is 0 Å². The van der Waals surface area contributed by atoms with Crippen LogP contribution in [-0.2, 0) is 19.5 Å². The standard InChI is InChI=1S/C19H20N2O3/c22-19(20-12-14-4-2-1-3-5-14)21-7-6-15-10-17-18(11-16(15)13-21)24-9-8-23-17/h1-5,10-11H,6-9,12-13H2,(H,20,22). The number of carbonyl (C=O) groups is 1. The van der Waals surface area contributed by atoms with Crippen molar-refractivity contribution in [3.05, 3.63) is 59.2 Å².